The first kappa shape index (κ1) is 29.5. The maximum atomic E-state index is 6.26. The summed E-state index contributed by atoms with van der Waals surface area (Å²) in [6.07, 6.45) is 0.553. The lowest BCUT2D eigenvalue weighted by Gasteiger charge is -2.39. The van der Waals surface area contributed by atoms with Crippen LogP contribution in [0.1, 0.15) is 20.3 Å². The summed E-state index contributed by atoms with van der Waals surface area (Å²) in [4.78, 5) is 0. The van der Waals surface area contributed by atoms with Gasteiger partial charge in [0, 0.05) is 28.4 Å². The van der Waals surface area contributed by atoms with Crippen molar-refractivity contribution in [2.45, 2.75) is 33.1 Å². The van der Waals surface area contributed by atoms with E-state index >= 15 is 0 Å². The van der Waals surface area contributed by atoms with E-state index in [1.807, 2.05) is 18.2 Å². The zero-order chi connectivity index (χ0) is 23.6. The highest BCUT2D eigenvalue weighted by Gasteiger charge is 2.30. The Kier molecular flexibility index (Phi) is 10.5. The number of nitrogens with two attached hydrogens (primary N) is 4. The summed E-state index contributed by atoms with van der Waals surface area (Å²) >= 11 is 0. The SMILES string of the molecule is CC[N+](CC)(CCC[n+]1c(-c2ccccc2)c2cc(N)ccc2c2ccc(N)cc21)C(N)N.[I-].[I-]. The van der Waals surface area contributed by atoms with E-state index in [-0.39, 0.29) is 54.2 Å². The van der Waals surface area contributed by atoms with Gasteiger partial charge in [-0.1, -0.05) is 24.3 Å². The molecule has 1 heterocycles. The Morgan fingerprint density at radius 3 is 1.97 bits per heavy atom. The van der Waals surface area contributed by atoms with E-state index in [2.05, 4.69) is 66.9 Å². The Morgan fingerprint density at radius 2 is 1.37 bits per heavy atom. The molecule has 0 saturated carbocycles. The summed E-state index contributed by atoms with van der Waals surface area (Å²) in [6.45, 7) is 7.87. The molecule has 0 bridgehead atoms. The van der Waals surface area contributed by atoms with Crippen LogP contribution in [0.3, 0.4) is 0 Å². The van der Waals surface area contributed by atoms with Gasteiger partial charge < -0.3 is 59.4 Å². The van der Waals surface area contributed by atoms with Crippen molar-refractivity contribution < 1.29 is 57.0 Å². The van der Waals surface area contributed by atoms with Crippen LogP contribution in [0, 0.1) is 0 Å². The predicted octanol–water partition coefficient (Wildman–Crippen LogP) is -2.43. The molecule has 8 N–H and O–H groups in total. The molecule has 1 aromatic heterocycles. The van der Waals surface area contributed by atoms with E-state index in [1.165, 1.54) is 10.8 Å². The second kappa shape index (κ2) is 12.5. The van der Waals surface area contributed by atoms with E-state index in [0.717, 1.165) is 66.1 Å². The van der Waals surface area contributed by atoms with Crippen LogP contribution >= 0.6 is 0 Å². The van der Waals surface area contributed by atoms with Gasteiger partial charge in [-0.05, 0) is 50.2 Å². The Labute approximate surface area is 242 Å². The van der Waals surface area contributed by atoms with Crippen molar-refractivity contribution in [1.29, 1.82) is 0 Å². The highest BCUT2D eigenvalue weighted by Crippen LogP contribution is 2.33. The molecule has 0 amide bonds. The molecule has 0 aliphatic rings. The number of anilines is 2. The minimum absolute atomic E-state index is 0. The minimum Gasteiger partial charge on any atom is -1.00 e. The molecule has 0 fully saturated rings. The molecule has 0 spiro atoms. The van der Waals surface area contributed by atoms with Crippen LogP contribution in [-0.4, -0.2) is 30.4 Å². The van der Waals surface area contributed by atoms with Crippen LogP contribution in [-0.2, 0) is 6.54 Å². The standard InChI is InChI=1S/C27H35N6.2HI/c1-3-33(4-2,27(30)31)16-8-15-32-25-18-21(29)12-14-23(25)22-13-11-20(28)17-24(22)26(32)19-9-6-5-7-10-19;;/h5-7,9-14,17-18,27,29H,3-4,8,15-16,28,30-31H2,1-2H3;2*1H/q+1;;/p-1. The third-order valence-corrected chi connectivity index (χ3v) is 7.10. The minimum atomic E-state index is -0.387. The number of halogens is 2. The van der Waals surface area contributed by atoms with Gasteiger partial charge in [-0.2, -0.15) is 4.57 Å². The number of nitrogens with zero attached hydrogens (tertiary/aromatic N) is 2. The van der Waals surface area contributed by atoms with Gasteiger partial charge in [0.25, 0.3) is 0 Å². The molecule has 188 valence electrons. The van der Waals surface area contributed by atoms with Gasteiger partial charge >= 0.3 is 0 Å². The van der Waals surface area contributed by atoms with E-state index in [4.69, 9.17) is 22.9 Å². The van der Waals surface area contributed by atoms with Crippen LogP contribution in [0.15, 0.2) is 66.7 Å². The molecule has 0 atom stereocenters. The predicted molar refractivity (Wildman–Crippen MR) is 139 cm³/mol. The fraction of sp³-hybridized carbons (Fsp3) is 0.296. The number of fused-ring (bicyclic) bond motifs is 3. The van der Waals surface area contributed by atoms with E-state index in [0.29, 0.717) is 4.48 Å². The number of quaternary nitrogens is 1. The topological polar surface area (TPSA) is 108 Å². The summed E-state index contributed by atoms with van der Waals surface area (Å²) in [5, 5.41) is 3.48. The van der Waals surface area contributed by atoms with Crippen LogP contribution in [0.5, 0.6) is 0 Å². The summed E-state index contributed by atoms with van der Waals surface area (Å²) < 4.78 is 3.09. The molecule has 35 heavy (non-hydrogen) atoms. The molecular formula is C27H36I2N6. The molecule has 4 aromatic rings. The zero-order valence-electron chi connectivity index (χ0n) is 20.4. The van der Waals surface area contributed by atoms with Crippen molar-refractivity contribution in [2.24, 2.45) is 11.5 Å². The van der Waals surface area contributed by atoms with Crippen molar-refractivity contribution in [3.8, 4) is 11.3 Å². The van der Waals surface area contributed by atoms with Gasteiger partial charge in [0.15, 0.2) is 12.8 Å². The van der Waals surface area contributed by atoms with Gasteiger partial charge in [-0.3, -0.25) is 16.0 Å². The largest absolute Gasteiger partial charge is 1.00 e. The second-order valence-electron chi connectivity index (χ2n) is 8.87. The molecule has 0 unspecified atom stereocenters. The smallest absolute Gasteiger partial charge is 0.220 e. The Bertz CT molecular complexity index is 1270. The zero-order valence-corrected chi connectivity index (χ0v) is 24.7. The molecule has 6 nitrogen and oxygen atoms in total. The molecule has 0 saturated heterocycles. The molecule has 0 aliphatic heterocycles. The number of hydrogen-bond donors (Lipinski definition) is 4. The highest BCUT2D eigenvalue weighted by molar-refractivity contribution is 6.10. The first-order valence-corrected chi connectivity index (χ1v) is 11.8. The summed E-state index contributed by atoms with van der Waals surface area (Å²) in [6, 6.07) is 22.8. The van der Waals surface area contributed by atoms with Crippen molar-refractivity contribution in [3.63, 3.8) is 0 Å². The van der Waals surface area contributed by atoms with Crippen LogP contribution < -0.4 is 75.5 Å². The second-order valence-corrected chi connectivity index (χ2v) is 8.87. The van der Waals surface area contributed by atoms with Crippen molar-refractivity contribution in [3.05, 3.63) is 66.7 Å². The van der Waals surface area contributed by atoms with Crippen LogP contribution in [0.25, 0.3) is 32.9 Å². The number of pyridine rings is 1. The van der Waals surface area contributed by atoms with E-state index < -0.39 is 0 Å². The Balaban J connectivity index is 0.00000216. The summed E-state index contributed by atoms with van der Waals surface area (Å²) in [7, 11) is 0. The molecule has 8 heteroatoms. The van der Waals surface area contributed by atoms with Gasteiger partial charge in [0.05, 0.1) is 36.8 Å². The lowest BCUT2D eigenvalue weighted by molar-refractivity contribution is -0.949. The Morgan fingerprint density at radius 1 is 0.771 bits per heavy atom. The van der Waals surface area contributed by atoms with Gasteiger partial charge in [0.1, 0.15) is 0 Å². The molecule has 3 aromatic carbocycles. The third-order valence-electron chi connectivity index (χ3n) is 7.10. The first-order chi connectivity index (χ1) is 15.9. The lowest BCUT2D eigenvalue weighted by atomic mass is 9.98. The van der Waals surface area contributed by atoms with Crippen LogP contribution in [0.2, 0.25) is 0 Å². The number of benzene rings is 3. The summed E-state index contributed by atoms with van der Waals surface area (Å²) in [5.74, 6) is 0. The van der Waals surface area contributed by atoms with E-state index in [1.54, 1.807) is 0 Å². The van der Waals surface area contributed by atoms with E-state index in [9.17, 15) is 0 Å². The van der Waals surface area contributed by atoms with Gasteiger partial charge in [-0.15, -0.1) is 0 Å². The quantitative estimate of drug-likeness (QED) is 0.0411. The highest BCUT2D eigenvalue weighted by atomic mass is 127. The Hall–Kier alpha value is -1.73. The third kappa shape index (κ3) is 5.82. The maximum Gasteiger partial charge on any atom is 0.220 e. The van der Waals surface area contributed by atoms with Gasteiger partial charge in [0.2, 0.25) is 11.2 Å². The molecular weight excluding hydrogens is 662 g/mol. The number of rotatable bonds is 8. The van der Waals surface area contributed by atoms with Crippen LogP contribution in [0.4, 0.5) is 11.4 Å². The van der Waals surface area contributed by atoms with Crippen molar-refractivity contribution >= 4 is 33.1 Å². The molecule has 0 aliphatic carbocycles. The monoisotopic (exact) mass is 698 g/mol. The fourth-order valence-corrected chi connectivity index (χ4v) is 5.05. The molecule has 4 rings (SSSR count). The van der Waals surface area contributed by atoms with Crippen molar-refractivity contribution in [1.82, 2.24) is 0 Å². The maximum absolute atomic E-state index is 6.26. The summed E-state index contributed by atoms with van der Waals surface area (Å²) in [5.41, 5.74) is 29.9. The molecule has 0 radical (unpaired) electrons. The fourth-order valence-electron chi connectivity index (χ4n) is 5.05. The lowest BCUT2D eigenvalue weighted by Crippen LogP contribution is -3.00. The average molecular weight is 698 g/mol. The van der Waals surface area contributed by atoms with Crippen molar-refractivity contribution in [2.75, 3.05) is 31.1 Å². The average Bonchev–Trinajstić information content (AvgIpc) is 2.82. The normalized spacial score (nSPS) is 11.5. The number of aromatic nitrogens is 1. The number of aryl methyl sites for hydroxylation is 1. The number of nitrogen functional groups attached to an aromatic ring is 2. The van der Waals surface area contributed by atoms with Gasteiger partial charge in [-0.25, -0.2) is 0 Å². The number of hydrogen-bond acceptors (Lipinski definition) is 4. The first-order valence-electron chi connectivity index (χ1n) is 11.8.